The van der Waals surface area contributed by atoms with E-state index in [-0.39, 0.29) is 5.92 Å². The molecule has 1 nitrogen and oxygen atoms in total. The third kappa shape index (κ3) is 3.43. The normalized spacial score (nSPS) is 12.1. The second-order valence-electron chi connectivity index (χ2n) is 3.36. The molecule has 1 atom stereocenters. The summed E-state index contributed by atoms with van der Waals surface area (Å²) in [6.07, 6.45) is 0.940. The lowest BCUT2D eigenvalue weighted by molar-refractivity contribution is 0.724. The van der Waals surface area contributed by atoms with Crippen LogP contribution in [0.3, 0.4) is 0 Å². The van der Waals surface area contributed by atoms with Gasteiger partial charge in [0.1, 0.15) is 0 Å². The fraction of sp³-hybridized carbons (Fsp3) is 0.417. The van der Waals surface area contributed by atoms with Crippen molar-refractivity contribution in [3.05, 3.63) is 29.8 Å². The molecule has 0 amide bonds. The zero-order valence-electron chi connectivity index (χ0n) is 8.66. The molecule has 0 aliphatic rings. The Morgan fingerprint density at radius 3 is 2.50 bits per heavy atom. The Morgan fingerprint density at radius 2 is 2.00 bits per heavy atom. The minimum absolute atomic E-state index is 0.182. The summed E-state index contributed by atoms with van der Waals surface area (Å²) in [6, 6.07) is 10.8. The second kappa shape index (κ2) is 5.72. The number of hydrogen-bond acceptors (Lipinski definition) is 2. The van der Waals surface area contributed by atoms with E-state index in [1.807, 2.05) is 0 Å². The topological polar surface area (TPSA) is 23.8 Å². The molecule has 14 heavy (non-hydrogen) atoms. The molecule has 0 saturated heterocycles. The van der Waals surface area contributed by atoms with E-state index in [0.717, 1.165) is 12.2 Å². The molecule has 0 radical (unpaired) electrons. The Bertz CT molecular complexity index is 310. The highest BCUT2D eigenvalue weighted by Gasteiger charge is 2.04. The molecule has 0 aliphatic carbocycles. The van der Waals surface area contributed by atoms with Crippen molar-refractivity contribution in [1.29, 1.82) is 5.26 Å². The molecule has 0 N–H and O–H groups in total. The maximum atomic E-state index is 8.78. The van der Waals surface area contributed by atoms with Gasteiger partial charge in [0.05, 0.1) is 12.0 Å². The van der Waals surface area contributed by atoms with Crippen LogP contribution in [0.5, 0.6) is 0 Å². The fourth-order valence-corrected chi connectivity index (χ4v) is 2.11. The quantitative estimate of drug-likeness (QED) is 0.701. The van der Waals surface area contributed by atoms with Gasteiger partial charge in [-0.05, 0) is 25.5 Å². The van der Waals surface area contributed by atoms with Crippen LogP contribution in [0.2, 0.25) is 0 Å². The maximum absolute atomic E-state index is 8.78. The lowest BCUT2D eigenvalue weighted by Gasteiger charge is -2.05. The zero-order valence-corrected chi connectivity index (χ0v) is 9.47. The number of nitrogens with zero attached hydrogens (tertiary/aromatic N) is 1. The second-order valence-corrected chi connectivity index (χ2v) is 4.45. The van der Waals surface area contributed by atoms with Gasteiger partial charge in [0.15, 0.2) is 0 Å². The highest BCUT2D eigenvalue weighted by Crippen LogP contribution is 2.21. The average molecular weight is 205 g/mol. The van der Waals surface area contributed by atoms with Crippen LogP contribution in [0.25, 0.3) is 0 Å². The van der Waals surface area contributed by atoms with E-state index in [1.54, 1.807) is 11.8 Å². The van der Waals surface area contributed by atoms with Crippen LogP contribution in [0, 0.1) is 24.2 Å². The molecule has 1 rings (SSSR count). The van der Waals surface area contributed by atoms with Crippen molar-refractivity contribution in [2.75, 3.05) is 5.75 Å². The van der Waals surface area contributed by atoms with E-state index >= 15 is 0 Å². The monoisotopic (exact) mass is 205 g/mol. The molecule has 1 unspecified atom stereocenters. The summed E-state index contributed by atoms with van der Waals surface area (Å²) in [5.41, 5.74) is 1.28. The predicted octanol–water partition coefficient (Wildman–Crippen LogP) is 3.64. The first kappa shape index (κ1) is 11.1. The van der Waals surface area contributed by atoms with Gasteiger partial charge in [0, 0.05) is 10.6 Å². The molecule has 0 aliphatic heterocycles. The number of hydrogen-bond donors (Lipinski definition) is 0. The number of aryl methyl sites for hydroxylation is 1. The summed E-state index contributed by atoms with van der Waals surface area (Å²) >= 11 is 1.76. The third-order valence-corrected chi connectivity index (χ3v) is 3.32. The van der Waals surface area contributed by atoms with E-state index < -0.39 is 0 Å². The number of benzene rings is 1. The Kier molecular flexibility index (Phi) is 4.55. The molecule has 2 heteroatoms. The molecule has 1 aromatic rings. The number of thioether (sulfide) groups is 1. The molecule has 0 spiro atoms. The van der Waals surface area contributed by atoms with Crippen LogP contribution in [0.4, 0.5) is 0 Å². The number of rotatable bonds is 4. The van der Waals surface area contributed by atoms with E-state index in [4.69, 9.17) is 5.26 Å². The van der Waals surface area contributed by atoms with Gasteiger partial charge < -0.3 is 0 Å². The van der Waals surface area contributed by atoms with Crippen molar-refractivity contribution in [2.45, 2.75) is 25.2 Å². The molecular weight excluding hydrogens is 190 g/mol. The Labute approximate surface area is 90.1 Å². The minimum Gasteiger partial charge on any atom is -0.198 e. The van der Waals surface area contributed by atoms with Crippen molar-refractivity contribution >= 4 is 11.8 Å². The van der Waals surface area contributed by atoms with Crippen LogP contribution in [0.1, 0.15) is 18.9 Å². The molecule has 0 aromatic heterocycles. The van der Waals surface area contributed by atoms with E-state index in [0.29, 0.717) is 0 Å². The largest absolute Gasteiger partial charge is 0.198 e. The third-order valence-electron chi connectivity index (χ3n) is 2.15. The van der Waals surface area contributed by atoms with Gasteiger partial charge in [0.25, 0.3) is 0 Å². The lowest BCUT2D eigenvalue weighted by Crippen LogP contribution is -1.97. The van der Waals surface area contributed by atoms with Crippen LogP contribution in [-0.4, -0.2) is 5.75 Å². The van der Waals surface area contributed by atoms with Crippen molar-refractivity contribution in [1.82, 2.24) is 0 Å². The summed E-state index contributed by atoms with van der Waals surface area (Å²) < 4.78 is 0. The SMILES string of the molecule is CCC(C#N)CSc1ccc(C)cc1. The van der Waals surface area contributed by atoms with Gasteiger partial charge in [-0.3, -0.25) is 0 Å². The van der Waals surface area contributed by atoms with Gasteiger partial charge in [-0.25, -0.2) is 0 Å². The number of nitriles is 1. The molecular formula is C12H15NS. The fourth-order valence-electron chi connectivity index (χ4n) is 1.08. The Hall–Kier alpha value is -0.940. The summed E-state index contributed by atoms with van der Waals surface area (Å²) in [6.45, 7) is 4.14. The highest BCUT2D eigenvalue weighted by atomic mass is 32.2. The lowest BCUT2D eigenvalue weighted by atomic mass is 10.1. The Morgan fingerprint density at radius 1 is 1.36 bits per heavy atom. The van der Waals surface area contributed by atoms with Gasteiger partial charge >= 0.3 is 0 Å². The van der Waals surface area contributed by atoms with Crippen LogP contribution in [-0.2, 0) is 0 Å². The Balaban J connectivity index is 2.46. The first-order chi connectivity index (χ1) is 6.76. The first-order valence-electron chi connectivity index (χ1n) is 4.85. The standard InChI is InChI=1S/C12H15NS/c1-3-11(8-13)9-14-12-6-4-10(2)5-7-12/h4-7,11H,3,9H2,1-2H3. The molecule has 0 bridgehead atoms. The van der Waals surface area contributed by atoms with Crippen LogP contribution < -0.4 is 0 Å². The van der Waals surface area contributed by atoms with Crippen LogP contribution >= 0.6 is 11.8 Å². The summed E-state index contributed by atoms with van der Waals surface area (Å²) in [5, 5.41) is 8.78. The van der Waals surface area contributed by atoms with Crippen molar-refractivity contribution in [3.8, 4) is 6.07 Å². The van der Waals surface area contributed by atoms with Gasteiger partial charge in [-0.15, -0.1) is 11.8 Å². The molecule has 0 saturated carbocycles. The van der Waals surface area contributed by atoms with Gasteiger partial charge in [0.2, 0.25) is 0 Å². The van der Waals surface area contributed by atoms with E-state index in [2.05, 4.69) is 44.2 Å². The summed E-state index contributed by atoms with van der Waals surface area (Å²) in [5.74, 6) is 1.08. The summed E-state index contributed by atoms with van der Waals surface area (Å²) in [4.78, 5) is 1.25. The van der Waals surface area contributed by atoms with Crippen molar-refractivity contribution in [2.24, 2.45) is 5.92 Å². The van der Waals surface area contributed by atoms with E-state index in [1.165, 1.54) is 10.5 Å². The van der Waals surface area contributed by atoms with Crippen molar-refractivity contribution in [3.63, 3.8) is 0 Å². The average Bonchev–Trinajstić information content (AvgIpc) is 2.22. The first-order valence-corrected chi connectivity index (χ1v) is 5.84. The van der Waals surface area contributed by atoms with Gasteiger partial charge in [-0.1, -0.05) is 24.6 Å². The molecule has 1 aromatic carbocycles. The maximum Gasteiger partial charge on any atom is 0.0664 e. The minimum atomic E-state index is 0.182. The highest BCUT2D eigenvalue weighted by molar-refractivity contribution is 7.99. The van der Waals surface area contributed by atoms with Crippen LogP contribution in [0.15, 0.2) is 29.2 Å². The van der Waals surface area contributed by atoms with Crippen molar-refractivity contribution < 1.29 is 0 Å². The van der Waals surface area contributed by atoms with E-state index in [9.17, 15) is 0 Å². The zero-order chi connectivity index (χ0) is 10.4. The summed E-state index contributed by atoms with van der Waals surface area (Å²) in [7, 11) is 0. The van der Waals surface area contributed by atoms with Gasteiger partial charge in [-0.2, -0.15) is 5.26 Å². The molecule has 74 valence electrons. The molecule has 0 fully saturated rings. The smallest absolute Gasteiger partial charge is 0.0664 e. The predicted molar refractivity (Wildman–Crippen MR) is 61.3 cm³/mol. The molecule has 0 heterocycles.